The molecule has 94 heavy (non-hydrogen) atoms. The van der Waals surface area contributed by atoms with Crippen LogP contribution < -0.4 is 0 Å². The molecular weight excluding hydrogens is 1140 g/mol. The minimum Gasteiger partial charge on any atom is -0.309 e. The molecule has 13 aromatic carbocycles. The Hall–Kier alpha value is -11.9. The summed E-state index contributed by atoms with van der Waals surface area (Å²) < 4.78 is 9.50. The summed E-state index contributed by atoms with van der Waals surface area (Å²) in [5, 5.41) is 9.50. The van der Waals surface area contributed by atoms with Gasteiger partial charge in [0.1, 0.15) is 5.82 Å². The zero-order valence-corrected chi connectivity index (χ0v) is 52.4. The predicted molar refractivity (Wildman–Crippen MR) is 391 cm³/mol. The van der Waals surface area contributed by atoms with Gasteiger partial charge in [0.25, 0.3) is 0 Å². The largest absolute Gasteiger partial charge is 0.309 e. The maximum absolute atomic E-state index is 5.67. The summed E-state index contributed by atoms with van der Waals surface area (Å²) in [7, 11) is 0. The van der Waals surface area contributed by atoms with Gasteiger partial charge >= 0.3 is 0 Å². The Bertz CT molecular complexity index is 5940. The van der Waals surface area contributed by atoms with Crippen LogP contribution in [-0.2, 0) is 10.8 Å². The first-order valence-corrected chi connectivity index (χ1v) is 32.7. The van der Waals surface area contributed by atoms with Gasteiger partial charge in [0.05, 0.1) is 49.8 Å². The quantitative estimate of drug-likeness (QED) is 0.160. The average molecular weight is 1200 g/mol. The normalized spacial score (nSPS) is 13.7. The van der Waals surface area contributed by atoms with Crippen LogP contribution in [0.25, 0.3) is 166 Å². The first-order chi connectivity index (χ1) is 46.1. The standard InChI is InChI=1S/C88H60N6/c1-87(2)72-28-14-8-22-60(72)66-50-58(38-40-74(66)87)91-77-30-16-10-24-62(77)68-46-54(34-42-81(68)91)56-36-44-83-70(48-56)64-26-12-18-32-79(64)93(83)85-52-76(53-20-6-5-7-21-53)89-86(90-85)94-80-33-19-13-27-65(80)71-49-57(37-45-84(71)94)55-35-43-82-69(47-55)63-25-11-17-31-78(63)92(82)59-39-41-75-67(51-59)61-23-9-15-29-73(61)88(75,3)4/h5-52H,1-4H3. The van der Waals surface area contributed by atoms with Gasteiger partial charge in [0.2, 0.25) is 5.95 Å². The Morgan fingerprint density at radius 3 is 1.02 bits per heavy atom. The number of hydrogen-bond donors (Lipinski definition) is 0. The second kappa shape index (κ2) is 19.3. The second-order valence-electron chi connectivity index (χ2n) is 26.9. The van der Waals surface area contributed by atoms with Gasteiger partial charge in [-0.2, -0.15) is 4.98 Å². The van der Waals surface area contributed by atoms with Crippen molar-refractivity contribution in [1.29, 1.82) is 0 Å². The maximum Gasteiger partial charge on any atom is 0.237 e. The summed E-state index contributed by atoms with van der Waals surface area (Å²) in [5.41, 5.74) is 28.5. The fourth-order valence-electron chi connectivity index (χ4n) is 16.7. The van der Waals surface area contributed by atoms with Crippen molar-refractivity contribution in [2.75, 3.05) is 0 Å². The van der Waals surface area contributed by atoms with Crippen LogP contribution in [0.2, 0.25) is 0 Å². The van der Waals surface area contributed by atoms with E-state index >= 15 is 0 Å². The monoisotopic (exact) mass is 1200 g/mol. The topological polar surface area (TPSA) is 45.5 Å². The molecule has 18 aromatic rings. The Kier molecular flexibility index (Phi) is 10.9. The van der Waals surface area contributed by atoms with Gasteiger partial charge in [-0.15, -0.1) is 0 Å². The van der Waals surface area contributed by atoms with Gasteiger partial charge in [0, 0.05) is 76.9 Å². The van der Waals surface area contributed by atoms with Crippen LogP contribution >= 0.6 is 0 Å². The number of benzene rings is 13. The number of hydrogen-bond acceptors (Lipinski definition) is 2. The molecule has 5 aromatic heterocycles. The van der Waals surface area contributed by atoms with Crippen molar-refractivity contribution in [2.24, 2.45) is 0 Å². The molecule has 0 unspecified atom stereocenters. The molecule has 0 radical (unpaired) electrons. The van der Waals surface area contributed by atoms with Gasteiger partial charge < -0.3 is 9.13 Å². The van der Waals surface area contributed by atoms with Crippen molar-refractivity contribution in [3.63, 3.8) is 0 Å². The summed E-state index contributed by atoms with van der Waals surface area (Å²) in [6, 6.07) is 108. The zero-order chi connectivity index (χ0) is 62.3. The van der Waals surface area contributed by atoms with Crippen LogP contribution in [0, 0.1) is 0 Å². The Labute approximate surface area is 543 Å². The number of para-hydroxylation sites is 4. The first kappa shape index (κ1) is 52.9. The third-order valence-electron chi connectivity index (χ3n) is 21.2. The zero-order valence-electron chi connectivity index (χ0n) is 52.4. The highest BCUT2D eigenvalue weighted by molar-refractivity contribution is 6.15. The summed E-state index contributed by atoms with van der Waals surface area (Å²) in [4.78, 5) is 11.2. The Balaban J connectivity index is 0.706. The third kappa shape index (κ3) is 7.42. The highest BCUT2D eigenvalue weighted by Gasteiger charge is 2.37. The highest BCUT2D eigenvalue weighted by Crippen LogP contribution is 2.52. The minimum atomic E-state index is -0.0574. The van der Waals surface area contributed by atoms with E-state index in [-0.39, 0.29) is 10.8 Å². The van der Waals surface area contributed by atoms with E-state index in [9.17, 15) is 0 Å². The molecule has 0 spiro atoms. The number of aromatic nitrogens is 6. The molecule has 2 aliphatic rings. The van der Waals surface area contributed by atoms with E-state index in [0.29, 0.717) is 5.95 Å². The first-order valence-electron chi connectivity index (χ1n) is 32.7. The van der Waals surface area contributed by atoms with E-state index in [4.69, 9.17) is 9.97 Å². The summed E-state index contributed by atoms with van der Waals surface area (Å²) in [5.74, 6) is 1.39. The molecule has 0 saturated carbocycles. The summed E-state index contributed by atoms with van der Waals surface area (Å²) in [6.45, 7) is 9.39. The number of nitrogens with zero attached hydrogens (tertiary/aromatic N) is 6. The Morgan fingerprint density at radius 2 is 0.574 bits per heavy atom. The lowest BCUT2D eigenvalue weighted by Gasteiger charge is -2.21. The van der Waals surface area contributed by atoms with Crippen molar-refractivity contribution in [1.82, 2.24) is 28.2 Å². The van der Waals surface area contributed by atoms with Crippen LogP contribution in [0.15, 0.2) is 291 Å². The highest BCUT2D eigenvalue weighted by atomic mass is 15.2. The van der Waals surface area contributed by atoms with Gasteiger partial charge in [-0.25, -0.2) is 4.98 Å². The number of fused-ring (bicyclic) bond motifs is 18. The van der Waals surface area contributed by atoms with Gasteiger partial charge in [-0.3, -0.25) is 9.13 Å². The smallest absolute Gasteiger partial charge is 0.237 e. The summed E-state index contributed by atoms with van der Waals surface area (Å²) in [6.07, 6.45) is 0. The molecule has 0 saturated heterocycles. The van der Waals surface area contributed by atoms with E-state index in [1.54, 1.807) is 0 Å². The molecule has 0 aliphatic heterocycles. The van der Waals surface area contributed by atoms with Gasteiger partial charge in [-0.1, -0.05) is 216 Å². The molecule has 2 aliphatic carbocycles. The molecule has 442 valence electrons. The maximum atomic E-state index is 5.67. The van der Waals surface area contributed by atoms with E-state index < -0.39 is 0 Å². The van der Waals surface area contributed by atoms with E-state index in [1.165, 1.54) is 105 Å². The Morgan fingerprint density at radius 1 is 0.234 bits per heavy atom. The fraction of sp³-hybridized carbons (Fsp3) is 0.0682. The lowest BCUT2D eigenvalue weighted by Crippen LogP contribution is -2.14. The van der Waals surface area contributed by atoms with E-state index in [2.05, 4.69) is 337 Å². The van der Waals surface area contributed by atoms with Crippen molar-refractivity contribution < 1.29 is 0 Å². The van der Waals surface area contributed by atoms with E-state index in [0.717, 1.165) is 77.4 Å². The molecule has 0 atom stereocenters. The lowest BCUT2D eigenvalue weighted by atomic mass is 9.82. The minimum absolute atomic E-state index is 0.0567. The molecule has 0 N–H and O–H groups in total. The molecule has 0 bridgehead atoms. The fourth-order valence-corrected chi connectivity index (χ4v) is 16.7. The average Bonchev–Trinajstić information content (AvgIpc) is 1.58. The third-order valence-corrected chi connectivity index (χ3v) is 21.2. The van der Waals surface area contributed by atoms with Crippen molar-refractivity contribution in [3.05, 3.63) is 313 Å². The SMILES string of the molecule is CC1(C)c2ccccc2-c2cc(-n3c4ccccc4c4cc(-c5ccc6c(c5)c5ccccc5n6-c5cc(-c6ccccc6)nc(-n6c7ccccc7c7cc(-c8ccc9c(c8)c8ccccc8n9-c8ccc9c(c8)-c8ccccc8C9(C)C)ccc76)n5)ccc43)ccc21. The number of rotatable bonds is 7. The molecule has 0 amide bonds. The van der Waals surface area contributed by atoms with Crippen molar-refractivity contribution in [2.45, 2.75) is 38.5 Å². The second-order valence-corrected chi connectivity index (χ2v) is 26.9. The van der Waals surface area contributed by atoms with Crippen LogP contribution in [0.5, 0.6) is 0 Å². The van der Waals surface area contributed by atoms with Crippen LogP contribution in [0.3, 0.4) is 0 Å². The van der Waals surface area contributed by atoms with Gasteiger partial charge in [-0.05, 0) is 164 Å². The van der Waals surface area contributed by atoms with Crippen molar-refractivity contribution in [3.8, 4) is 78.9 Å². The molecule has 6 nitrogen and oxygen atoms in total. The lowest BCUT2D eigenvalue weighted by molar-refractivity contribution is 0.660. The molecule has 6 heteroatoms. The van der Waals surface area contributed by atoms with Crippen LogP contribution in [0.1, 0.15) is 49.9 Å². The van der Waals surface area contributed by atoms with Crippen LogP contribution in [-0.4, -0.2) is 28.2 Å². The van der Waals surface area contributed by atoms with E-state index in [1.807, 2.05) is 0 Å². The molecule has 0 fully saturated rings. The van der Waals surface area contributed by atoms with Gasteiger partial charge in [0.15, 0.2) is 0 Å². The summed E-state index contributed by atoms with van der Waals surface area (Å²) >= 11 is 0. The molecule has 20 rings (SSSR count). The van der Waals surface area contributed by atoms with Crippen LogP contribution in [0.4, 0.5) is 0 Å². The van der Waals surface area contributed by atoms with Crippen molar-refractivity contribution >= 4 is 87.2 Å². The predicted octanol–water partition coefficient (Wildman–Crippen LogP) is 22.5. The molecular formula is C88H60N6. The molecule has 5 heterocycles.